The Morgan fingerprint density at radius 2 is 2.10 bits per heavy atom. The Kier molecular flexibility index (Phi) is 5.15. The van der Waals surface area contributed by atoms with Crippen molar-refractivity contribution in [3.8, 4) is 0 Å². The molecule has 2 atom stereocenters. The molecule has 110 valence electrons. The molecule has 1 fully saturated rings. The number of piperidine rings is 1. The Bertz CT molecular complexity index is 444. The maximum atomic E-state index is 11.4. The van der Waals surface area contributed by atoms with E-state index in [1.54, 1.807) is 12.1 Å². The highest BCUT2D eigenvalue weighted by atomic mass is 16.5. The summed E-state index contributed by atoms with van der Waals surface area (Å²) in [7, 11) is 1.39. The molecule has 0 saturated carbocycles. The van der Waals surface area contributed by atoms with Gasteiger partial charge in [-0.2, -0.15) is 0 Å². The molecule has 2 rings (SSSR count). The van der Waals surface area contributed by atoms with E-state index in [0.29, 0.717) is 11.5 Å². The van der Waals surface area contributed by atoms with Crippen LogP contribution in [0.4, 0.5) is 0 Å². The third-order valence-corrected chi connectivity index (χ3v) is 4.18. The number of hydrogen-bond donors (Lipinski definition) is 1. The maximum Gasteiger partial charge on any atom is 0.337 e. The van der Waals surface area contributed by atoms with Crippen LogP contribution >= 0.6 is 0 Å². The Balaban J connectivity index is 2.03. The number of esters is 1. The summed E-state index contributed by atoms with van der Waals surface area (Å²) in [6, 6.07) is 7.74. The molecule has 4 nitrogen and oxygen atoms in total. The number of hydrogen-bond acceptors (Lipinski definition) is 4. The van der Waals surface area contributed by atoms with Gasteiger partial charge >= 0.3 is 5.97 Å². The van der Waals surface area contributed by atoms with Crippen molar-refractivity contribution in [3.63, 3.8) is 0 Å². The Labute approximate surface area is 120 Å². The van der Waals surface area contributed by atoms with Crippen LogP contribution in [0.3, 0.4) is 0 Å². The lowest BCUT2D eigenvalue weighted by Crippen LogP contribution is -2.45. The first-order valence-electron chi connectivity index (χ1n) is 7.18. The summed E-state index contributed by atoms with van der Waals surface area (Å²) in [5.41, 5.74) is 1.73. The smallest absolute Gasteiger partial charge is 0.337 e. The number of ether oxygens (including phenoxy) is 1. The standard InChI is InChI=1S/C16H23NO3/c1-12-4-3-9-17(15(12)11-18)10-13-5-7-14(8-6-13)16(19)20-2/h5-8,12,15,18H,3-4,9-11H2,1-2H3. The SMILES string of the molecule is COC(=O)c1ccc(CN2CCCC(C)C2CO)cc1. The number of carbonyl (C=O) groups excluding carboxylic acids is 1. The lowest BCUT2D eigenvalue weighted by molar-refractivity contribution is 0.0472. The molecule has 20 heavy (non-hydrogen) atoms. The van der Waals surface area contributed by atoms with Gasteiger partial charge in [0.2, 0.25) is 0 Å². The van der Waals surface area contributed by atoms with Crippen LogP contribution < -0.4 is 0 Å². The van der Waals surface area contributed by atoms with E-state index in [0.717, 1.165) is 18.7 Å². The number of carbonyl (C=O) groups is 1. The molecule has 2 unspecified atom stereocenters. The molecule has 1 aliphatic rings. The van der Waals surface area contributed by atoms with Gasteiger partial charge in [-0.25, -0.2) is 4.79 Å². The summed E-state index contributed by atoms with van der Waals surface area (Å²) < 4.78 is 4.69. The van der Waals surface area contributed by atoms with Crippen LogP contribution in [0.5, 0.6) is 0 Å². The Hall–Kier alpha value is -1.39. The molecule has 0 spiro atoms. The van der Waals surface area contributed by atoms with E-state index in [4.69, 9.17) is 4.74 Å². The number of likely N-dealkylation sites (tertiary alicyclic amines) is 1. The fourth-order valence-corrected chi connectivity index (χ4v) is 2.92. The third-order valence-electron chi connectivity index (χ3n) is 4.18. The maximum absolute atomic E-state index is 11.4. The predicted octanol–water partition coefficient (Wildman–Crippen LogP) is 2.07. The van der Waals surface area contributed by atoms with E-state index >= 15 is 0 Å². The summed E-state index contributed by atoms with van der Waals surface area (Å²) in [6.45, 7) is 4.25. The second-order valence-corrected chi connectivity index (χ2v) is 5.53. The van der Waals surface area contributed by atoms with Gasteiger partial charge in [-0.05, 0) is 43.0 Å². The molecule has 4 heteroatoms. The van der Waals surface area contributed by atoms with E-state index in [1.165, 1.54) is 20.0 Å². The quantitative estimate of drug-likeness (QED) is 0.856. The lowest BCUT2D eigenvalue weighted by Gasteiger charge is -2.39. The third kappa shape index (κ3) is 3.38. The topological polar surface area (TPSA) is 49.8 Å². The largest absolute Gasteiger partial charge is 0.465 e. The van der Waals surface area contributed by atoms with Crippen molar-refractivity contribution in [2.45, 2.75) is 32.4 Å². The van der Waals surface area contributed by atoms with Crippen molar-refractivity contribution in [1.29, 1.82) is 0 Å². The molecule has 1 aromatic rings. The highest BCUT2D eigenvalue weighted by Gasteiger charge is 2.27. The zero-order valence-corrected chi connectivity index (χ0v) is 12.2. The average molecular weight is 277 g/mol. The van der Waals surface area contributed by atoms with Gasteiger partial charge in [-0.3, -0.25) is 4.90 Å². The molecule has 1 aliphatic heterocycles. The second-order valence-electron chi connectivity index (χ2n) is 5.53. The Morgan fingerprint density at radius 3 is 2.70 bits per heavy atom. The number of aliphatic hydroxyl groups excluding tert-OH is 1. The summed E-state index contributed by atoms with van der Waals surface area (Å²) >= 11 is 0. The van der Waals surface area contributed by atoms with E-state index < -0.39 is 0 Å². The summed E-state index contributed by atoms with van der Waals surface area (Å²) in [4.78, 5) is 13.7. The number of rotatable bonds is 4. The van der Waals surface area contributed by atoms with Gasteiger partial charge in [0.05, 0.1) is 19.3 Å². The van der Waals surface area contributed by atoms with Crippen LogP contribution in [0, 0.1) is 5.92 Å². The van der Waals surface area contributed by atoms with Gasteiger partial charge in [0, 0.05) is 12.6 Å². The molecule has 0 aliphatic carbocycles. The van der Waals surface area contributed by atoms with Crippen LogP contribution in [-0.4, -0.2) is 42.3 Å². The van der Waals surface area contributed by atoms with Crippen molar-refractivity contribution in [1.82, 2.24) is 4.90 Å². The number of nitrogens with zero attached hydrogens (tertiary/aromatic N) is 1. The second kappa shape index (κ2) is 6.86. The van der Waals surface area contributed by atoms with Gasteiger partial charge in [-0.1, -0.05) is 19.1 Å². The number of benzene rings is 1. The molecular weight excluding hydrogens is 254 g/mol. The minimum atomic E-state index is -0.309. The van der Waals surface area contributed by atoms with E-state index in [9.17, 15) is 9.90 Å². The van der Waals surface area contributed by atoms with Crippen molar-refractivity contribution >= 4 is 5.97 Å². The fraction of sp³-hybridized carbons (Fsp3) is 0.562. The molecule has 0 bridgehead atoms. The minimum Gasteiger partial charge on any atom is -0.465 e. The zero-order chi connectivity index (χ0) is 14.5. The van der Waals surface area contributed by atoms with Crippen LogP contribution in [0.15, 0.2) is 24.3 Å². The predicted molar refractivity (Wildman–Crippen MR) is 77.5 cm³/mol. The van der Waals surface area contributed by atoms with Gasteiger partial charge < -0.3 is 9.84 Å². The van der Waals surface area contributed by atoms with E-state index in [2.05, 4.69) is 11.8 Å². The molecule has 0 amide bonds. The van der Waals surface area contributed by atoms with Crippen LogP contribution in [0.25, 0.3) is 0 Å². The molecule has 1 saturated heterocycles. The fourth-order valence-electron chi connectivity index (χ4n) is 2.92. The lowest BCUT2D eigenvalue weighted by atomic mass is 9.91. The number of methoxy groups -OCH3 is 1. The van der Waals surface area contributed by atoms with Crippen molar-refractivity contribution < 1.29 is 14.6 Å². The zero-order valence-electron chi connectivity index (χ0n) is 12.2. The van der Waals surface area contributed by atoms with Crippen molar-refractivity contribution in [2.75, 3.05) is 20.3 Å². The molecule has 0 radical (unpaired) electrons. The first-order chi connectivity index (χ1) is 9.65. The highest BCUT2D eigenvalue weighted by molar-refractivity contribution is 5.89. The minimum absolute atomic E-state index is 0.210. The number of aliphatic hydroxyl groups is 1. The molecular formula is C16H23NO3. The van der Waals surface area contributed by atoms with Gasteiger partial charge in [0.25, 0.3) is 0 Å². The molecule has 1 heterocycles. The summed E-state index contributed by atoms with van der Waals surface area (Å²) in [6.07, 6.45) is 2.36. The van der Waals surface area contributed by atoms with Gasteiger partial charge in [0.15, 0.2) is 0 Å². The highest BCUT2D eigenvalue weighted by Crippen LogP contribution is 2.24. The van der Waals surface area contributed by atoms with Crippen LogP contribution in [0.2, 0.25) is 0 Å². The molecule has 1 aromatic carbocycles. The van der Waals surface area contributed by atoms with Gasteiger partial charge in [-0.15, -0.1) is 0 Å². The van der Waals surface area contributed by atoms with Gasteiger partial charge in [0.1, 0.15) is 0 Å². The summed E-state index contributed by atoms with van der Waals surface area (Å²) in [5, 5.41) is 9.56. The van der Waals surface area contributed by atoms with Crippen molar-refractivity contribution in [3.05, 3.63) is 35.4 Å². The average Bonchev–Trinajstić information content (AvgIpc) is 2.47. The van der Waals surface area contributed by atoms with E-state index in [-0.39, 0.29) is 18.6 Å². The monoisotopic (exact) mass is 277 g/mol. The van der Waals surface area contributed by atoms with E-state index in [1.807, 2.05) is 12.1 Å². The summed E-state index contributed by atoms with van der Waals surface area (Å²) in [5.74, 6) is 0.222. The van der Waals surface area contributed by atoms with Crippen molar-refractivity contribution in [2.24, 2.45) is 5.92 Å². The van der Waals surface area contributed by atoms with Crippen LogP contribution in [-0.2, 0) is 11.3 Å². The van der Waals surface area contributed by atoms with Crippen LogP contribution in [0.1, 0.15) is 35.7 Å². The molecule has 0 aromatic heterocycles. The molecule has 1 N–H and O–H groups in total. The normalized spacial score (nSPS) is 23.6. The first kappa shape index (κ1) is 15.0. The first-order valence-corrected chi connectivity index (χ1v) is 7.18. The Morgan fingerprint density at radius 1 is 1.40 bits per heavy atom.